The number of hydrogen-bond acceptors (Lipinski definition) is 1. The van der Waals surface area contributed by atoms with Crippen LogP contribution in [0.2, 0.25) is 0 Å². The highest BCUT2D eigenvalue weighted by atomic mass is 19.1. The van der Waals surface area contributed by atoms with Crippen molar-refractivity contribution in [3.8, 4) is 0 Å². The van der Waals surface area contributed by atoms with E-state index in [1.54, 1.807) is 12.1 Å². The van der Waals surface area contributed by atoms with Crippen LogP contribution in [0.1, 0.15) is 25.3 Å². The molecule has 1 amide bonds. The molecule has 0 aliphatic rings. The van der Waals surface area contributed by atoms with Gasteiger partial charge in [0.05, 0.1) is 0 Å². The maximum atomic E-state index is 12.7. The number of benzene rings is 1. The molecule has 1 aromatic rings. The third-order valence-electron chi connectivity index (χ3n) is 2.60. The average molecular weight is 235 g/mol. The van der Waals surface area contributed by atoms with Crippen molar-refractivity contribution in [2.45, 2.75) is 32.2 Å². The van der Waals surface area contributed by atoms with Gasteiger partial charge in [-0.1, -0.05) is 31.2 Å². The van der Waals surface area contributed by atoms with Gasteiger partial charge in [0.15, 0.2) is 0 Å². The van der Waals surface area contributed by atoms with Crippen molar-refractivity contribution in [3.63, 3.8) is 0 Å². The van der Waals surface area contributed by atoms with Crippen molar-refractivity contribution in [1.82, 2.24) is 5.32 Å². The molecule has 1 N–H and O–H groups in total. The number of aryl methyl sites for hydroxylation is 1. The summed E-state index contributed by atoms with van der Waals surface area (Å²) in [6, 6.07) is 6.65. The Morgan fingerprint density at radius 2 is 2.06 bits per heavy atom. The van der Waals surface area contributed by atoms with E-state index in [2.05, 4.69) is 5.32 Å². The van der Waals surface area contributed by atoms with E-state index in [1.165, 1.54) is 12.1 Å². The van der Waals surface area contributed by atoms with E-state index in [0.29, 0.717) is 0 Å². The Kier molecular flexibility index (Phi) is 6.00. The molecule has 1 rings (SSSR count). The predicted molar refractivity (Wildman–Crippen MR) is 67.1 cm³/mol. The maximum absolute atomic E-state index is 12.7. The second kappa shape index (κ2) is 7.60. The first-order valence-corrected chi connectivity index (χ1v) is 5.87. The molecule has 1 atom stereocenters. The van der Waals surface area contributed by atoms with E-state index in [9.17, 15) is 9.18 Å². The molecule has 0 saturated carbocycles. The Morgan fingerprint density at radius 1 is 1.35 bits per heavy atom. The van der Waals surface area contributed by atoms with E-state index in [4.69, 9.17) is 0 Å². The molecule has 0 aliphatic carbocycles. The fraction of sp³-hybridized carbons (Fsp3) is 0.357. The zero-order valence-electron chi connectivity index (χ0n) is 10.0. The number of hydrogen-bond donors (Lipinski definition) is 1. The van der Waals surface area contributed by atoms with Gasteiger partial charge >= 0.3 is 0 Å². The van der Waals surface area contributed by atoms with Crippen LogP contribution in [0, 0.1) is 5.82 Å². The van der Waals surface area contributed by atoms with Crippen molar-refractivity contribution in [2.24, 2.45) is 0 Å². The van der Waals surface area contributed by atoms with Gasteiger partial charge in [-0.3, -0.25) is 4.79 Å². The number of carbonyl (C=O) groups excluding carboxylic acids is 1. The third-order valence-corrected chi connectivity index (χ3v) is 2.60. The van der Waals surface area contributed by atoms with Crippen LogP contribution in [0.4, 0.5) is 4.39 Å². The summed E-state index contributed by atoms with van der Waals surface area (Å²) in [4.78, 5) is 10.3. The Hall–Kier alpha value is -1.64. The molecule has 0 saturated heterocycles. The number of rotatable bonds is 7. The van der Waals surface area contributed by atoms with Gasteiger partial charge in [0, 0.05) is 6.04 Å². The number of halogens is 1. The average Bonchev–Trinajstić information content (AvgIpc) is 2.35. The van der Waals surface area contributed by atoms with Crippen molar-refractivity contribution >= 4 is 6.41 Å². The van der Waals surface area contributed by atoms with E-state index in [1.807, 2.05) is 19.1 Å². The summed E-state index contributed by atoms with van der Waals surface area (Å²) in [5.41, 5.74) is 1.12. The fourth-order valence-corrected chi connectivity index (χ4v) is 1.56. The first-order valence-electron chi connectivity index (χ1n) is 5.87. The Labute approximate surface area is 102 Å². The molecule has 0 spiro atoms. The molecule has 3 heteroatoms. The van der Waals surface area contributed by atoms with Gasteiger partial charge in [0.25, 0.3) is 0 Å². The van der Waals surface area contributed by atoms with Crippen molar-refractivity contribution in [1.29, 1.82) is 0 Å². The summed E-state index contributed by atoms with van der Waals surface area (Å²) in [5.74, 6) is -0.203. The lowest BCUT2D eigenvalue weighted by Gasteiger charge is -2.07. The van der Waals surface area contributed by atoms with E-state index in [-0.39, 0.29) is 11.9 Å². The summed E-state index contributed by atoms with van der Waals surface area (Å²) in [6.45, 7) is 2.02. The molecule has 0 aliphatic heterocycles. The Bertz CT molecular complexity index is 359. The molecule has 1 aromatic carbocycles. The monoisotopic (exact) mass is 235 g/mol. The topological polar surface area (TPSA) is 29.1 Å². The Morgan fingerprint density at radius 3 is 2.65 bits per heavy atom. The van der Waals surface area contributed by atoms with Crippen molar-refractivity contribution < 1.29 is 9.18 Å². The largest absolute Gasteiger partial charge is 0.352 e. The minimum absolute atomic E-state index is 0.112. The summed E-state index contributed by atoms with van der Waals surface area (Å²) >= 11 is 0. The minimum atomic E-state index is -0.203. The molecule has 17 heavy (non-hydrogen) atoms. The van der Waals surface area contributed by atoms with Crippen LogP contribution in [0.3, 0.4) is 0 Å². The summed E-state index contributed by atoms with van der Waals surface area (Å²) in [5, 5.41) is 2.72. The number of carbonyl (C=O) groups is 1. The molecule has 0 fully saturated rings. The molecular weight excluding hydrogens is 217 g/mol. The zero-order chi connectivity index (χ0) is 12.5. The first-order chi connectivity index (χ1) is 8.26. The smallest absolute Gasteiger partial charge is 0.207 e. The molecule has 2 nitrogen and oxygen atoms in total. The molecule has 1 unspecified atom stereocenters. The van der Waals surface area contributed by atoms with Crippen LogP contribution in [-0.2, 0) is 11.2 Å². The lowest BCUT2D eigenvalue weighted by atomic mass is 10.1. The highest BCUT2D eigenvalue weighted by Crippen LogP contribution is 2.06. The van der Waals surface area contributed by atoms with Gasteiger partial charge in [-0.05, 0) is 37.0 Å². The molecule has 0 radical (unpaired) electrons. The van der Waals surface area contributed by atoms with E-state index >= 15 is 0 Å². The van der Waals surface area contributed by atoms with Crippen LogP contribution in [0.5, 0.6) is 0 Å². The molecular formula is C14H18FNO. The van der Waals surface area contributed by atoms with E-state index in [0.717, 1.165) is 31.2 Å². The molecule has 92 valence electrons. The second-order valence-electron chi connectivity index (χ2n) is 3.89. The van der Waals surface area contributed by atoms with Crippen molar-refractivity contribution in [2.75, 3.05) is 0 Å². The number of nitrogens with one attached hydrogen (secondary N) is 1. The van der Waals surface area contributed by atoms with E-state index < -0.39 is 0 Å². The van der Waals surface area contributed by atoms with Crippen LogP contribution < -0.4 is 5.32 Å². The molecule has 0 bridgehead atoms. The van der Waals surface area contributed by atoms with Crippen LogP contribution in [-0.4, -0.2) is 12.5 Å². The van der Waals surface area contributed by atoms with Gasteiger partial charge in [-0.25, -0.2) is 4.39 Å². The quantitative estimate of drug-likeness (QED) is 0.571. The first kappa shape index (κ1) is 13.4. The number of amides is 1. The summed E-state index contributed by atoms with van der Waals surface area (Å²) < 4.78 is 12.7. The maximum Gasteiger partial charge on any atom is 0.207 e. The molecule has 0 heterocycles. The van der Waals surface area contributed by atoms with Crippen molar-refractivity contribution in [3.05, 3.63) is 47.8 Å². The SMILES string of the molecule is CCC(/C=C/CCc1ccc(F)cc1)NC=O. The fourth-order valence-electron chi connectivity index (χ4n) is 1.56. The summed E-state index contributed by atoms with van der Waals surface area (Å²) in [6.07, 6.45) is 7.42. The molecule has 0 aromatic heterocycles. The lowest BCUT2D eigenvalue weighted by molar-refractivity contribution is -0.109. The third kappa shape index (κ3) is 5.29. The minimum Gasteiger partial charge on any atom is -0.352 e. The normalized spacial score (nSPS) is 12.6. The highest BCUT2D eigenvalue weighted by molar-refractivity contribution is 5.47. The van der Waals surface area contributed by atoms with Gasteiger partial charge in [0.1, 0.15) is 5.82 Å². The van der Waals surface area contributed by atoms with Crippen LogP contribution >= 0.6 is 0 Å². The van der Waals surface area contributed by atoms with Crippen LogP contribution in [0.15, 0.2) is 36.4 Å². The second-order valence-corrected chi connectivity index (χ2v) is 3.89. The summed E-state index contributed by atoms with van der Waals surface area (Å²) in [7, 11) is 0. The predicted octanol–water partition coefficient (Wildman–Crippen LogP) is 2.84. The van der Waals surface area contributed by atoms with Gasteiger partial charge in [-0.2, -0.15) is 0 Å². The van der Waals surface area contributed by atoms with Crippen LogP contribution in [0.25, 0.3) is 0 Å². The zero-order valence-corrected chi connectivity index (χ0v) is 10.0. The number of allylic oxidation sites excluding steroid dienone is 1. The van der Waals surface area contributed by atoms with Gasteiger partial charge < -0.3 is 5.32 Å². The lowest BCUT2D eigenvalue weighted by Crippen LogP contribution is -2.24. The Balaban J connectivity index is 2.33. The van der Waals surface area contributed by atoms with Gasteiger partial charge in [-0.15, -0.1) is 0 Å². The highest BCUT2D eigenvalue weighted by Gasteiger charge is 1.97. The standard InChI is InChI=1S/C14H18FNO/c1-2-14(16-11-17)6-4-3-5-12-7-9-13(15)10-8-12/h4,6-11,14H,2-3,5H2,1H3,(H,16,17)/b6-4+. The van der Waals surface area contributed by atoms with Gasteiger partial charge in [0.2, 0.25) is 6.41 Å².